The molecule has 9 heteroatoms. The van der Waals surface area contributed by atoms with Gasteiger partial charge in [-0.3, -0.25) is 19.2 Å². The number of nitrogens with one attached hydrogen (secondary N) is 1. The van der Waals surface area contributed by atoms with Crippen molar-refractivity contribution < 1.29 is 33.4 Å². The Kier molecular flexibility index (Phi) is 8.40. The number of ether oxygens (including phenoxy) is 2. The highest BCUT2D eigenvalue weighted by atomic mass is 16.6. The first-order valence-electron chi connectivity index (χ1n) is 12.0. The number of carbonyl (C=O) groups is 5. The highest BCUT2D eigenvalue weighted by Gasteiger charge is 2.54. The summed E-state index contributed by atoms with van der Waals surface area (Å²) in [5.41, 5.74) is 1.98. The first-order chi connectivity index (χ1) is 18.3. The number of esters is 1. The van der Waals surface area contributed by atoms with Gasteiger partial charge in [0, 0.05) is 0 Å². The highest BCUT2D eigenvalue weighted by molar-refractivity contribution is 6.36. The molecule has 0 aliphatic carbocycles. The van der Waals surface area contributed by atoms with Crippen molar-refractivity contribution in [3.05, 3.63) is 108 Å². The molecule has 4 rings (SSSR count). The molecule has 1 N–H and O–H groups in total. The number of carbonyl (C=O) groups excluding carboxylic acids is 5. The Balaban J connectivity index is 1.49. The highest BCUT2D eigenvalue weighted by Crippen LogP contribution is 2.28. The first-order valence-corrected chi connectivity index (χ1v) is 12.0. The topological polar surface area (TPSA) is 119 Å². The van der Waals surface area contributed by atoms with Crippen molar-refractivity contribution in [3.63, 3.8) is 0 Å². The molecule has 0 spiro atoms. The molecule has 0 radical (unpaired) electrons. The van der Waals surface area contributed by atoms with Gasteiger partial charge in [-0.25, -0.2) is 9.69 Å². The summed E-state index contributed by atoms with van der Waals surface area (Å²) in [5.74, 6) is -4.20. The molecule has 3 amide bonds. The average molecular weight is 515 g/mol. The van der Waals surface area contributed by atoms with Gasteiger partial charge in [-0.05, 0) is 23.6 Å². The van der Waals surface area contributed by atoms with Gasteiger partial charge in [-0.15, -0.1) is 0 Å². The fourth-order valence-electron chi connectivity index (χ4n) is 4.03. The van der Waals surface area contributed by atoms with Crippen LogP contribution in [0.25, 0.3) is 0 Å². The number of nitrogens with zero attached hydrogens (tertiary/aromatic N) is 1. The molecule has 38 heavy (non-hydrogen) atoms. The number of benzene rings is 3. The Bertz CT molecular complexity index is 1270. The molecule has 3 aromatic rings. The van der Waals surface area contributed by atoms with E-state index in [0.29, 0.717) is 16.0 Å². The van der Waals surface area contributed by atoms with Gasteiger partial charge in [0.15, 0.2) is 24.2 Å². The zero-order valence-corrected chi connectivity index (χ0v) is 20.6. The fraction of sp³-hybridized carbons (Fsp3) is 0.207. The van der Waals surface area contributed by atoms with E-state index in [1.807, 2.05) is 6.07 Å². The summed E-state index contributed by atoms with van der Waals surface area (Å²) in [4.78, 5) is 63.5. The van der Waals surface area contributed by atoms with Gasteiger partial charge in [0.25, 0.3) is 5.91 Å². The van der Waals surface area contributed by atoms with Gasteiger partial charge in [-0.2, -0.15) is 0 Å². The number of β-lactam (4-membered cyclic amide) rings is 1. The molecule has 0 aromatic heterocycles. The van der Waals surface area contributed by atoms with Gasteiger partial charge in [0.05, 0.1) is 6.42 Å². The summed E-state index contributed by atoms with van der Waals surface area (Å²) >= 11 is 0. The number of ketones is 1. The summed E-state index contributed by atoms with van der Waals surface area (Å²) in [6, 6.07) is 25.4. The van der Waals surface area contributed by atoms with Crippen LogP contribution in [0.1, 0.15) is 29.7 Å². The van der Waals surface area contributed by atoms with E-state index < -0.39 is 48.7 Å². The lowest BCUT2D eigenvalue weighted by Crippen LogP contribution is -2.74. The maximum Gasteiger partial charge on any atom is 0.398 e. The van der Waals surface area contributed by atoms with Crippen molar-refractivity contribution in [2.45, 2.75) is 31.7 Å². The molecule has 0 bridgehead atoms. The van der Waals surface area contributed by atoms with Gasteiger partial charge < -0.3 is 14.8 Å². The lowest BCUT2D eigenvalue weighted by atomic mass is 10.0. The Morgan fingerprint density at radius 3 is 1.89 bits per heavy atom. The zero-order valence-electron chi connectivity index (χ0n) is 20.6. The summed E-state index contributed by atoms with van der Waals surface area (Å²) in [7, 11) is 0. The molecule has 194 valence electrons. The van der Waals surface area contributed by atoms with Gasteiger partial charge in [-0.1, -0.05) is 91.0 Å². The maximum absolute atomic E-state index is 13.1. The summed E-state index contributed by atoms with van der Waals surface area (Å²) in [5, 5.41) is 2.53. The van der Waals surface area contributed by atoms with Crippen LogP contribution in [0, 0.1) is 0 Å². The second kappa shape index (κ2) is 12.1. The van der Waals surface area contributed by atoms with Crippen LogP contribution in [0.4, 0.5) is 0 Å². The third-order valence-corrected chi connectivity index (χ3v) is 5.85. The Hall–Kier alpha value is -4.63. The molecule has 1 heterocycles. The van der Waals surface area contributed by atoms with E-state index in [-0.39, 0.29) is 12.2 Å². The molecule has 2 atom stereocenters. The van der Waals surface area contributed by atoms with Crippen molar-refractivity contribution in [1.82, 2.24) is 10.2 Å². The number of Topliss-reactive ketones (excluding diaryl/α,β-unsaturated/α-hetero) is 1. The second-order valence-corrected chi connectivity index (χ2v) is 8.73. The van der Waals surface area contributed by atoms with Crippen LogP contribution in [0.5, 0.6) is 0 Å². The van der Waals surface area contributed by atoms with Crippen LogP contribution in [0.2, 0.25) is 0 Å². The average Bonchev–Trinajstić information content (AvgIpc) is 2.93. The lowest BCUT2D eigenvalue weighted by Gasteiger charge is -2.44. The van der Waals surface area contributed by atoms with E-state index in [0.717, 1.165) is 5.56 Å². The minimum absolute atomic E-state index is 0.00410. The van der Waals surface area contributed by atoms with E-state index in [2.05, 4.69) is 5.32 Å². The summed E-state index contributed by atoms with van der Waals surface area (Å²) < 4.78 is 11.0. The monoisotopic (exact) mass is 514 g/mol. The number of imide groups is 1. The lowest BCUT2D eigenvalue weighted by molar-refractivity contribution is -0.196. The third-order valence-electron chi connectivity index (χ3n) is 5.85. The standard InChI is InChI=1S/C29H26N2O7/c1-19(32)18-37-28-24(30-23(33)17-20-11-5-2-6-12-20)26(34)31(28)27(35)29(36)38-25(21-13-7-3-8-14-21)22-15-9-4-10-16-22/h2-16,24-25,28H,17-18H2,1H3,(H,30,33)/t24-,28-/m1/s1. The molecule has 0 unspecified atom stereocenters. The molecule has 3 aromatic carbocycles. The van der Waals surface area contributed by atoms with E-state index in [4.69, 9.17) is 9.47 Å². The molecule has 1 aliphatic heterocycles. The van der Waals surface area contributed by atoms with Crippen LogP contribution < -0.4 is 5.32 Å². The maximum atomic E-state index is 13.1. The van der Waals surface area contributed by atoms with E-state index in [1.54, 1.807) is 84.9 Å². The summed E-state index contributed by atoms with van der Waals surface area (Å²) in [6.07, 6.45) is -2.24. The van der Waals surface area contributed by atoms with Crippen molar-refractivity contribution in [2.24, 2.45) is 0 Å². The third kappa shape index (κ3) is 6.19. The zero-order chi connectivity index (χ0) is 27.1. The Morgan fingerprint density at radius 1 is 0.842 bits per heavy atom. The fourth-order valence-corrected chi connectivity index (χ4v) is 4.03. The quantitative estimate of drug-likeness (QED) is 0.265. The van der Waals surface area contributed by atoms with Gasteiger partial charge in [0.1, 0.15) is 6.61 Å². The van der Waals surface area contributed by atoms with Crippen molar-refractivity contribution in [2.75, 3.05) is 6.61 Å². The van der Waals surface area contributed by atoms with E-state index in [9.17, 15) is 24.0 Å². The van der Waals surface area contributed by atoms with Crippen LogP contribution in [-0.4, -0.2) is 53.3 Å². The van der Waals surface area contributed by atoms with Crippen LogP contribution in [0.3, 0.4) is 0 Å². The van der Waals surface area contributed by atoms with Crippen LogP contribution >= 0.6 is 0 Å². The van der Waals surface area contributed by atoms with Crippen molar-refractivity contribution in [3.8, 4) is 0 Å². The Morgan fingerprint density at radius 2 is 1.37 bits per heavy atom. The second-order valence-electron chi connectivity index (χ2n) is 8.73. The van der Waals surface area contributed by atoms with Crippen LogP contribution in [-0.2, 0) is 39.9 Å². The number of hydrogen-bond donors (Lipinski definition) is 1. The van der Waals surface area contributed by atoms with Gasteiger partial charge in [0.2, 0.25) is 5.91 Å². The number of amides is 3. The number of hydrogen-bond acceptors (Lipinski definition) is 7. The predicted octanol–water partition coefficient (Wildman–Crippen LogP) is 2.35. The van der Waals surface area contributed by atoms with E-state index in [1.165, 1.54) is 6.92 Å². The molecular weight excluding hydrogens is 488 g/mol. The molecule has 9 nitrogen and oxygen atoms in total. The number of rotatable bonds is 9. The molecule has 1 aliphatic rings. The van der Waals surface area contributed by atoms with E-state index >= 15 is 0 Å². The van der Waals surface area contributed by atoms with Crippen LogP contribution in [0.15, 0.2) is 91.0 Å². The van der Waals surface area contributed by atoms with Gasteiger partial charge >= 0.3 is 11.9 Å². The molecular formula is C29H26N2O7. The minimum Gasteiger partial charge on any atom is -0.445 e. The minimum atomic E-state index is -1.34. The number of likely N-dealkylation sites (tertiary alicyclic amines) is 1. The molecule has 1 fully saturated rings. The SMILES string of the molecule is CC(=O)CO[C@@H]1[C@H](NC(=O)Cc2ccccc2)C(=O)N1C(=O)C(=O)OC(c1ccccc1)c1ccccc1. The normalized spacial score (nSPS) is 16.5. The molecule has 1 saturated heterocycles. The molecule has 0 saturated carbocycles. The first kappa shape index (κ1) is 26.4. The largest absolute Gasteiger partial charge is 0.445 e. The predicted molar refractivity (Wildman–Crippen MR) is 135 cm³/mol. The van der Waals surface area contributed by atoms with Crippen molar-refractivity contribution >= 4 is 29.5 Å². The summed E-state index contributed by atoms with van der Waals surface area (Å²) in [6.45, 7) is 0.854. The Labute approximate surface area is 219 Å². The smallest absolute Gasteiger partial charge is 0.398 e. The van der Waals surface area contributed by atoms with Crippen molar-refractivity contribution in [1.29, 1.82) is 0 Å².